The topological polar surface area (TPSA) is 65.5 Å². The van der Waals surface area contributed by atoms with Crippen LogP contribution in [0.2, 0.25) is 0 Å². The highest BCUT2D eigenvalue weighted by Gasteiger charge is 2.32. The number of fused-ring (bicyclic) bond motifs is 1. The van der Waals surface area contributed by atoms with Gasteiger partial charge in [0.15, 0.2) is 0 Å². The minimum absolute atomic E-state index is 0.319. The molecule has 0 N–H and O–H groups in total. The minimum Gasteiger partial charge on any atom is -0.426 e. The number of carbonyl (C=O) groups excluding carboxylic acids is 2. The molecule has 1 aliphatic rings. The van der Waals surface area contributed by atoms with Gasteiger partial charge in [0.1, 0.15) is 17.4 Å². The first-order valence-corrected chi connectivity index (χ1v) is 8.33. The summed E-state index contributed by atoms with van der Waals surface area (Å²) in [5, 5.41) is 2.83. The summed E-state index contributed by atoms with van der Waals surface area (Å²) in [6, 6.07) is 3.59. The van der Waals surface area contributed by atoms with Gasteiger partial charge in [-0.3, -0.25) is 9.59 Å². The molecule has 0 saturated carbocycles. The van der Waals surface area contributed by atoms with Crippen LogP contribution in [0.25, 0.3) is 0 Å². The lowest BCUT2D eigenvalue weighted by atomic mass is 9.92. The molecule has 0 saturated heterocycles. The van der Waals surface area contributed by atoms with Gasteiger partial charge in [-0.1, -0.05) is 6.92 Å². The number of esters is 2. The van der Waals surface area contributed by atoms with Crippen molar-refractivity contribution in [3.8, 4) is 11.5 Å². The molecule has 2 heterocycles. The van der Waals surface area contributed by atoms with E-state index in [1.165, 1.54) is 18.3 Å². The highest BCUT2D eigenvalue weighted by Crippen LogP contribution is 2.38. The van der Waals surface area contributed by atoms with Gasteiger partial charge in [0, 0.05) is 18.4 Å². The Kier molecular flexibility index (Phi) is 4.17. The van der Waals surface area contributed by atoms with E-state index in [2.05, 4.69) is 4.98 Å². The van der Waals surface area contributed by atoms with Crippen molar-refractivity contribution < 1.29 is 19.1 Å². The van der Waals surface area contributed by atoms with Gasteiger partial charge < -0.3 is 9.47 Å². The molecule has 0 fully saturated rings. The largest absolute Gasteiger partial charge is 0.426 e. The van der Waals surface area contributed by atoms with Crippen LogP contribution in [0.4, 0.5) is 0 Å². The Balaban J connectivity index is 1.96. The molecule has 1 aromatic carbocycles. The Bertz CT molecular complexity index is 781. The third kappa shape index (κ3) is 3.12. The van der Waals surface area contributed by atoms with Gasteiger partial charge in [-0.15, -0.1) is 11.3 Å². The number of carbonyl (C=O) groups is 2. The van der Waals surface area contributed by atoms with Crippen LogP contribution in [0, 0.1) is 6.92 Å². The van der Waals surface area contributed by atoms with Crippen LogP contribution in [-0.2, 0) is 22.4 Å². The van der Waals surface area contributed by atoms with Crippen molar-refractivity contribution in [2.45, 2.75) is 39.5 Å². The predicted octanol–water partition coefficient (Wildman–Crippen LogP) is 3.18. The SMILES string of the molecule is CCc1cc2c(cc1OC(C)=O)OC(=O)C(c1csc(C)n1)C2. The molecule has 1 aromatic heterocycles. The Morgan fingerprint density at radius 1 is 1.48 bits per heavy atom. The molecule has 3 rings (SSSR count). The van der Waals surface area contributed by atoms with Gasteiger partial charge in [-0.25, -0.2) is 4.98 Å². The molecule has 1 atom stereocenters. The molecule has 5 nitrogen and oxygen atoms in total. The average Bonchev–Trinajstić information content (AvgIpc) is 2.91. The highest BCUT2D eigenvalue weighted by atomic mass is 32.1. The zero-order valence-corrected chi connectivity index (χ0v) is 14.0. The molecule has 1 aliphatic heterocycles. The van der Waals surface area contributed by atoms with Crippen LogP contribution >= 0.6 is 11.3 Å². The molecule has 0 amide bonds. The first-order chi connectivity index (χ1) is 11.0. The maximum atomic E-state index is 12.3. The zero-order chi connectivity index (χ0) is 16.6. The van der Waals surface area contributed by atoms with Crippen LogP contribution in [0.15, 0.2) is 17.5 Å². The summed E-state index contributed by atoms with van der Waals surface area (Å²) in [6.45, 7) is 5.26. The van der Waals surface area contributed by atoms with Crippen molar-refractivity contribution in [3.05, 3.63) is 39.3 Å². The fraction of sp³-hybridized carbons (Fsp3) is 0.353. The Labute approximate surface area is 138 Å². The summed E-state index contributed by atoms with van der Waals surface area (Å²) in [4.78, 5) is 27.9. The summed E-state index contributed by atoms with van der Waals surface area (Å²) in [5.74, 6) is -0.170. The van der Waals surface area contributed by atoms with Crippen LogP contribution in [0.3, 0.4) is 0 Å². The molecule has 0 bridgehead atoms. The lowest BCUT2D eigenvalue weighted by molar-refractivity contribution is -0.137. The summed E-state index contributed by atoms with van der Waals surface area (Å²) in [5.41, 5.74) is 2.61. The second kappa shape index (κ2) is 6.12. The molecule has 2 aromatic rings. The van der Waals surface area contributed by atoms with Crippen LogP contribution in [0.5, 0.6) is 11.5 Å². The number of benzene rings is 1. The average molecular weight is 331 g/mol. The van der Waals surface area contributed by atoms with E-state index in [1.807, 2.05) is 25.3 Å². The van der Waals surface area contributed by atoms with E-state index < -0.39 is 5.97 Å². The van der Waals surface area contributed by atoms with Gasteiger partial charge in [-0.05, 0) is 37.0 Å². The fourth-order valence-corrected chi connectivity index (χ4v) is 3.35. The standard InChI is InChI=1S/C17H17NO4S/c1-4-11-5-12-6-13(14-8-23-9(2)18-14)17(20)22-16(12)7-15(11)21-10(3)19/h5,7-8,13H,4,6H2,1-3H3. The third-order valence-corrected chi connectivity index (χ3v) is 4.58. The molecule has 0 aliphatic carbocycles. The van der Waals surface area contributed by atoms with Crippen LogP contribution in [0.1, 0.15) is 41.6 Å². The monoisotopic (exact) mass is 331 g/mol. The summed E-state index contributed by atoms with van der Waals surface area (Å²) < 4.78 is 10.7. The number of hydrogen-bond donors (Lipinski definition) is 0. The first-order valence-electron chi connectivity index (χ1n) is 7.45. The number of thiazole rings is 1. The zero-order valence-electron chi connectivity index (χ0n) is 13.2. The van der Waals surface area contributed by atoms with Gasteiger partial charge in [-0.2, -0.15) is 0 Å². The third-order valence-electron chi connectivity index (χ3n) is 3.79. The number of aromatic nitrogens is 1. The van der Waals surface area contributed by atoms with Crippen molar-refractivity contribution in [3.63, 3.8) is 0 Å². The summed E-state index contributed by atoms with van der Waals surface area (Å²) >= 11 is 1.52. The highest BCUT2D eigenvalue weighted by molar-refractivity contribution is 7.09. The number of ether oxygens (including phenoxy) is 2. The molecule has 6 heteroatoms. The van der Waals surface area contributed by atoms with E-state index >= 15 is 0 Å². The number of nitrogens with zero attached hydrogens (tertiary/aromatic N) is 1. The molecule has 0 spiro atoms. The van der Waals surface area contributed by atoms with E-state index in [9.17, 15) is 9.59 Å². The Morgan fingerprint density at radius 2 is 2.26 bits per heavy atom. The smallest absolute Gasteiger partial charge is 0.320 e. The minimum atomic E-state index is -0.391. The van der Waals surface area contributed by atoms with Crippen molar-refractivity contribution in [1.29, 1.82) is 0 Å². The van der Waals surface area contributed by atoms with Gasteiger partial charge in [0.2, 0.25) is 0 Å². The predicted molar refractivity (Wildman–Crippen MR) is 86.1 cm³/mol. The van der Waals surface area contributed by atoms with Crippen molar-refractivity contribution >= 4 is 23.3 Å². The number of hydrogen-bond acceptors (Lipinski definition) is 6. The maximum absolute atomic E-state index is 12.3. The molecule has 0 radical (unpaired) electrons. The molecule has 120 valence electrons. The van der Waals surface area contributed by atoms with Crippen LogP contribution in [-0.4, -0.2) is 16.9 Å². The van der Waals surface area contributed by atoms with Gasteiger partial charge in [0.05, 0.1) is 10.7 Å². The van der Waals surface area contributed by atoms with E-state index in [4.69, 9.17) is 9.47 Å². The second-order valence-electron chi connectivity index (χ2n) is 5.48. The second-order valence-corrected chi connectivity index (χ2v) is 6.55. The maximum Gasteiger partial charge on any atom is 0.320 e. The van der Waals surface area contributed by atoms with E-state index in [0.717, 1.165) is 28.2 Å². The quantitative estimate of drug-likeness (QED) is 0.638. The van der Waals surface area contributed by atoms with E-state index in [0.29, 0.717) is 17.9 Å². The fourth-order valence-electron chi connectivity index (χ4n) is 2.69. The first kappa shape index (κ1) is 15.7. The number of rotatable bonds is 3. The van der Waals surface area contributed by atoms with Crippen molar-refractivity contribution in [2.75, 3.05) is 0 Å². The van der Waals surface area contributed by atoms with Gasteiger partial charge in [0.25, 0.3) is 0 Å². The normalized spacial score (nSPS) is 16.7. The van der Waals surface area contributed by atoms with Crippen LogP contribution < -0.4 is 9.47 Å². The molecular formula is C17H17NO4S. The molecule has 1 unspecified atom stereocenters. The molecular weight excluding hydrogens is 314 g/mol. The summed E-state index contributed by atoms with van der Waals surface area (Å²) in [7, 11) is 0. The van der Waals surface area contributed by atoms with E-state index in [-0.39, 0.29) is 11.9 Å². The lowest BCUT2D eigenvalue weighted by Gasteiger charge is -2.23. The lowest BCUT2D eigenvalue weighted by Crippen LogP contribution is -2.26. The van der Waals surface area contributed by atoms with Crippen molar-refractivity contribution in [1.82, 2.24) is 4.98 Å². The van der Waals surface area contributed by atoms with Gasteiger partial charge >= 0.3 is 11.9 Å². The number of aryl methyl sites for hydroxylation is 2. The summed E-state index contributed by atoms with van der Waals surface area (Å²) in [6.07, 6.45) is 1.27. The van der Waals surface area contributed by atoms with E-state index in [1.54, 1.807) is 6.07 Å². The Hall–Kier alpha value is -2.21. The van der Waals surface area contributed by atoms with Crippen molar-refractivity contribution in [2.24, 2.45) is 0 Å². The molecule has 23 heavy (non-hydrogen) atoms. The Morgan fingerprint density at radius 3 is 2.87 bits per heavy atom.